The van der Waals surface area contributed by atoms with Gasteiger partial charge in [-0.1, -0.05) is 0 Å². The summed E-state index contributed by atoms with van der Waals surface area (Å²) in [6.45, 7) is 3.71. The Morgan fingerprint density at radius 2 is 2.08 bits per heavy atom. The zero-order valence-corrected chi connectivity index (χ0v) is 13.8. The molecule has 1 aliphatic heterocycles. The summed E-state index contributed by atoms with van der Waals surface area (Å²) >= 11 is 0. The highest BCUT2D eigenvalue weighted by Gasteiger charge is 2.24. The van der Waals surface area contributed by atoms with E-state index in [2.05, 4.69) is 10.4 Å². The molecule has 2 amide bonds. The van der Waals surface area contributed by atoms with Crippen LogP contribution in [0, 0.1) is 0 Å². The van der Waals surface area contributed by atoms with E-state index in [0.29, 0.717) is 12.3 Å². The molecule has 1 saturated heterocycles. The average Bonchev–Trinajstić information content (AvgIpc) is 3.27. The molecule has 0 spiro atoms. The molecule has 2 aromatic rings. The number of likely N-dealkylation sites (tertiary alicyclic amines) is 1. The van der Waals surface area contributed by atoms with Crippen molar-refractivity contribution in [2.45, 2.75) is 38.8 Å². The Balaban J connectivity index is 1.56. The van der Waals surface area contributed by atoms with Gasteiger partial charge in [0.25, 0.3) is 5.91 Å². The molecular weight excluding hydrogens is 308 g/mol. The molecule has 1 fully saturated rings. The Labute approximate surface area is 140 Å². The molecule has 2 aromatic heterocycles. The zero-order chi connectivity index (χ0) is 16.9. The molecule has 24 heavy (non-hydrogen) atoms. The molecule has 3 rings (SSSR count). The Bertz CT molecular complexity index is 687. The third kappa shape index (κ3) is 3.84. The van der Waals surface area contributed by atoms with Gasteiger partial charge in [-0.2, -0.15) is 5.10 Å². The molecule has 128 valence electrons. The third-order valence-corrected chi connectivity index (χ3v) is 4.15. The van der Waals surface area contributed by atoms with Gasteiger partial charge in [-0.3, -0.25) is 14.3 Å². The molecule has 0 radical (unpaired) electrons. The van der Waals surface area contributed by atoms with Crippen molar-refractivity contribution in [2.75, 3.05) is 13.1 Å². The summed E-state index contributed by atoms with van der Waals surface area (Å²) in [5.41, 5.74) is 0. The molecule has 7 heteroatoms. The first-order chi connectivity index (χ1) is 11.6. The van der Waals surface area contributed by atoms with E-state index in [-0.39, 0.29) is 17.6 Å². The minimum atomic E-state index is -0.560. The fourth-order valence-corrected chi connectivity index (χ4v) is 2.86. The van der Waals surface area contributed by atoms with Crippen LogP contribution < -0.4 is 5.32 Å². The van der Waals surface area contributed by atoms with Crippen LogP contribution in [-0.2, 0) is 11.3 Å². The second-order valence-electron chi connectivity index (χ2n) is 6.05. The third-order valence-electron chi connectivity index (χ3n) is 4.15. The smallest absolute Gasteiger partial charge is 0.287 e. The zero-order valence-electron chi connectivity index (χ0n) is 13.8. The number of rotatable bonds is 5. The lowest BCUT2D eigenvalue weighted by Crippen LogP contribution is -2.48. The van der Waals surface area contributed by atoms with Gasteiger partial charge in [-0.25, -0.2) is 0 Å². The van der Waals surface area contributed by atoms with Gasteiger partial charge in [0.1, 0.15) is 11.8 Å². The maximum absolute atomic E-state index is 12.4. The summed E-state index contributed by atoms with van der Waals surface area (Å²) in [7, 11) is 0. The number of furan rings is 1. The van der Waals surface area contributed by atoms with Gasteiger partial charge in [0.2, 0.25) is 5.91 Å². The number of piperidine rings is 1. The number of hydrogen-bond acceptors (Lipinski definition) is 4. The minimum Gasteiger partial charge on any atom is -0.454 e. The minimum absolute atomic E-state index is 0.0358. The Morgan fingerprint density at radius 1 is 1.29 bits per heavy atom. The summed E-state index contributed by atoms with van der Waals surface area (Å²) in [5.74, 6) is 0.431. The SMILES string of the molecule is CC(NC(=O)c1ccc(Cn2cccn2)o1)C(=O)N1CCCCC1. The van der Waals surface area contributed by atoms with Crippen LogP contribution in [0.25, 0.3) is 0 Å². The van der Waals surface area contributed by atoms with Crippen LogP contribution in [0.1, 0.15) is 42.5 Å². The lowest BCUT2D eigenvalue weighted by molar-refractivity contribution is -0.133. The number of carbonyl (C=O) groups excluding carboxylic acids is 2. The molecule has 1 atom stereocenters. The second kappa shape index (κ2) is 7.33. The van der Waals surface area contributed by atoms with Crippen molar-refractivity contribution < 1.29 is 14.0 Å². The van der Waals surface area contributed by atoms with E-state index in [1.54, 1.807) is 29.9 Å². The summed E-state index contributed by atoms with van der Waals surface area (Å²) < 4.78 is 7.26. The summed E-state index contributed by atoms with van der Waals surface area (Å²) in [6.07, 6.45) is 6.73. The summed E-state index contributed by atoms with van der Waals surface area (Å²) in [6, 6.07) is 4.63. The summed E-state index contributed by atoms with van der Waals surface area (Å²) in [5, 5.41) is 6.81. The van der Waals surface area contributed by atoms with Crippen molar-refractivity contribution in [1.82, 2.24) is 20.0 Å². The van der Waals surface area contributed by atoms with Crippen LogP contribution in [-0.4, -0.2) is 45.6 Å². The topological polar surface area (TPSA) is 80.4 Å². The monoisotopic (exact) mass is 330 g/mol. The van der Waals surface area contributed by atoms with E-state index in [4.69, 9.17) is 4.42 Å². The molecule has 0 bridgehead atoms. The highest BCUT2D eigenvalue weighted by atomic mass is 16.4. The molecule has 1 N–H and O–H groups in total. The molecule has 7 nitrogen and oxygen atoms in total. The highest BCUT2D eigenvalue weighted by molar-refractivity contribution is 5.95. The van der Waals surface area contributed by atoms with Crippen LogP contribution in [0.2, 0.25) is 0 Å². The lowest BCUT2D eigenvalue weighted by Gasteiger charge is -2.29. The maximum atomic E-state index is 12.4. The molecule has 3 heterocycles. The number of hydrogen-bond donors (Lipinski definition) is 1. The van der Waals surface area contributed by atoms with Crippen molar-refractivity contribution in [3.05, 3.63) is 42.1 Å². The quantitative estimate of drug-likeness (QED) is 0.904. The van der Waals surface area contributed by atoms with E-state index < -0.39 is 6.04 Å². The Morgan fingerprint density at radius 3 is 2.79 bits per heavy atom. The van der Waals surface area contributed by atoms with Gasteiger partial charge in [0.05, 0.1) is 6.54 Å². The fourth-order valence-electron chi connectivity index (χ4n) is 2.86. The Hall–Kier alpha value is -2.57. The van der Waals surface area contributed by atoms with Gasteiger partial charge in [-0.05, 0) is 44.4 Å². The van der Waals surface area contributed by atoms with Crippen molar-refractivity contribution >= 4 is 11.8 Å². The Kier molecular flexibility index (Phi) is 4.98. The van der Waals surface area contributed by atoms with Crippen molar-refractivity contribution in [3.63, 3.8) is 0 Å². The molecular formula is C17H22N4O3. The molecule has 0 saturated carbocycles. The van der Waals surface area contributed by atoms with Crippen LogP contribution in [0.3, 0.4) is 0 Å². The lowest BCUT2D eigenvalue weighted by atomic mass is 10.1. The number of amides is 2. The van der Waals surface area contributed by atoms with Crippen molar-refractivity contribution in [2.24, 2.45) is 0 Å². The van der Waals surface area contributed by atoms with E-state index in [9.17, 15) is 9.59 Å². The predicted molar refractivity (Wildman–Crippen MR) is 87.4 cm³/mol. The number of nitrogens with one attached hydrogen (secondary N) is 1. The van der Waals surface area contributed by atoms with Crippen LogP contribution in [0.5, 0.6) is 0 Å². The highest BCUT2D eigenvalue weighted by Crippen LogP contribution is 2.12. The number of aromatic nitrogens is 2. The van der Waals surface area contributed by atoms with E-state index in [1.807, 2.05) is 17.2 Å². The standard InChI is InChI=1S/C17H22N4O3/c1-13(17(23)20-9-3-2-4-10-20)19-16(22)15-7-6-14(24-15)12-21-11-5-8-18-21/h5-8,11,13H,2-4,9-10,12H2,1H3,(H,19,22). The number of carbonyl (C=O) groups is 2. The summed E-state index contributed by atoms with van der Waals surface area (Å²) in [4.78, 5) is 26.4. The first kappa shape index (κ1) is 16.3. The first-order valence-electron chi connectivity index (χ1n) is 8.29. The van der Waals surface area contributed by atoms with Crippen LogP contribution in [0.15, 0.2) is 35.0 Å². The van der Waals surface area contributed by atoms with Gasteiger partial charge in [-0.15, -0.1) is 0 Å². The maximum Gasteiger partial charge on any atom is 0.287 e. The van der Waals surface area contributed by atoms with Gasteiger partial charge in [0, 0.05) is 25.5 Å². The molecule has 1 unspecified atom stereocenters. The van der Waals surface area contributed by atoms with Gasteiger partial charge < -0.3 is 14.6 Å². The normalized spacial score (nSPS) is 16.0. The second-order valence-corrected chi connectivity index (χ2v) is 6.05. The average molecular weight is 330 g/mol. The predicted octanol–water partition coefficient (Wildman–Crippen LogP) is 1.66. The molecule has 0 aromatic carbocycles. The van der Waals surface area contributed by atoms with Crippen molar-refractivity contribution in [3.8, 4) is 0 Å². The van der Waals surface area contributed by atoms with E-state index in [1.165, 1.54) is 0 Å². The molecule has 1 aliphatic rings. The van der Waals surface area contributed by atoms with Crippen LogP contribution in [0.4, 0.5) is 0 Å². The van der Waals surface area contributed by atoms with Crippen molar-refractivity contribution in [1.29, 1.82) is 0 Å². The van der Waals surface area contributed by atoms with E-state index >= 15 is 0 Å². The first-order valence-corrected chi connectivity index (χ1v) is 8.29. The molecule has 0 aliphatic carbocycles. The van der Waals surface area contributed by atoms with Gasteiger partial charge in [0.15, 0.2) is 5.76 Å². The fraction of sp³-hybridized carbons (Fsp3) is 0.471. The largest absolute Gasteiger partial charge is 0.454 e. The number of nitrogens with zero attached hydrogens (tertiary/aromatic N) is 3. The van der Waals surface area contributed by atoms with E-state index in [0.717, 1.165) is 32.4 Å². The van der Waals surface area contributed by atoms with Crippen LogP contribution >= 0.6 is 0 Å². The van der Waals surface area contributed by atoms with Gasteiger partial charge >= 0.3 is 0 Å².